The largest absolute Gasteiger partial charge is 0.319 e. The van der Waals surface area contributed by atoms with Gasteiger partial charge in [0.05, 0.1) is 6.54 Å². The Morgan fingerprint density at radius 3 is 2.79 bits per heavy atom. The van der Waals surface area contributed by atoms with Gasteiger partial charge in [-0.25, -0.2) is 0 Å². The van der Waals surface area contributed by atoms with Gasteiger partial charge in [-0.1, -0.05) is 37.1 Å². The second-order valence-electron chi connectivity index (χ2n) is 5.58. The van der Waals surface area contributed by atoms with E-state index < -0.39 is 0 Å². The zero-order chi connectivity index (χ0) is 14.0. The number of nitrogens with zero attached hydrogens (tertiary/aromatic N) is 1. The molecule has 2 rings (SSSR count). The third-order valence-electron chi connectivity index (χ3n) is 3.91. The number of nitrogens with one attached hydrogen (secondary N) is 1. The molecule has 1 amide bonds. The number of carbonyl (C=O) groups is 1. The first-order valence-corrected chi connectivity index (χ1v) is 7.16. The minimum absolute atomic E-state index is 0.0367. The van der Waals surface area contributed by atoms with Crippen LogP contribution in [0, 0.1) is 13.8 Å². The van der Waals surface area contributed by atoms with Crippen molar-refractivity contribution in [2.45, 2.75) is 52.7 Å². The van der Waals surface area contributed by atoms with E-state index in [1.807, 2.05) is 4.90 Å². The zero-order valence-corrected chi connectivity index (χ0v) is 12.4. The van der Waals surface area contributed by atoms with Gasteiger partial charge >= 0.3 is 0 Å². The second kappa shape index (κ2) is 5.74. The van der Waals surface area contributed by atoms with Crippen LogP contribution in [0.5, 0.6) is 0 Å². The van der Waals surface area contributed by atoms with Crippen molar-refractivity contribution in [1.82, 2.24) is 10.2 Å². The van der Waals surface area contributed by atoms with Crippen LogP contribution in [0.2, 0.25) is 0 Å². The highest BCUT2D eigenvalue weighted by atomic mass is 16.2. The molecule has 0 aromatic heterocycles. The third-order valence-corrected chi connectivity index (χ3v) is 3.91. The van der Waals surface area contributed by atoms with Crippen LogP contribution in [0.4, 0.5) is 0 Å². The maximum Gasteiger partial charge on any atom is 0.238 e. The first-order valence-electron chi connectivity index (χ1n) is 7.16. The number of hydrogen-bond donors (Lipinski definition) is 1. The molecule has 2 unspecified atom stereocenters. The lowest BCUT2D eigenvalue weighted by Gasteiger charge is -2.31. The van der Waals surface area contributed by atoms with Crippen LogP contribution in [0.1, 0.15) is 49.5 Å². The smallest absolute Gasteiger partial charge is 0.238 e. The van der Waals surface area contributed by atoms with Gasteiger partial charge in [0, 0.05) is 6.04 Å². The number of carbonyl (C=O) groups excluding carboxylic acids is 1. The predicted octanol–water partition coefficient (Wildman–Crippen LogP) is 2.92. The molecule has 3 heteroatoms. The molecule has 1 fully saturated rings. The number of aryl methyl sites for hydroxylation is 2. The summed E-state index contributed by atoms with van der Waals surface area (Å²) in [5.41, 5.74) is 3.74. The molecule has 1 heterocycles. The van der Waals surface area contributed by atoms with Gasteiger partial charge < -0.3 is 4.90 Å². The molecular weight excluding hydrogens is 236 g/mol. The van der Waals surface area contributed by atoms with Crippen molar-refractivity contribution in [2.75, 3.05) is 6.54 Å². The van der Waals surface area contributed by atoms with Gasteiger partial charge in [0.15, 0.2) is 0 Å². The molecule has 1 aliphatic heterocycles. The fraction of sp³-hybridized carbons (Fsp3) is 0.562. The first-order chi connectivity index (χ1) is 9.04. The lowest BCUT2D eigenvalue weighted by molar-refractivity contribution is -0.130. The Morgan fingerprint density at radius 1 is 1.42 bits per heavy atom. The Morgan fingerprint density at radius 2 is 2.16 bits per heavy atom. The van der Waals surface area contributed by atoms with Crippen molar-refractivity contribution in [3.8, 4) is 0 Å². The molecule has 1 aromatic rings. The molecule has 1 aromatic carbocycles. The molecule has 0 aliphatic carbocycles. The van der Waals surface area contributed by atoms with E-state index in [4.69, 9.17) is 0 Å². The van der Waals surface area contributed by atoms with Crippen LogP contribution >= 0.6 is 0 Å². The average molecular weight is 260 g/mol. The maximum absolute atomic E-state index is 12.1. The lowest BCUT2D eigenvalue weighted by atomic mass is 10.0. The summed E-state index contributed by atoms with van der Waals surface area (Å²) in [6.07, 6.45) is 2.19. The fourth-order valence-electron chi connectivity index (χ4n) is 2.97. The summed E-state index contributed by atoms with van der Waals surface area (Å²) in [5, 5.41) is 3.35. The minimum atomic E-state index is 0.0367. The van der Waals surface area contributed by atoms with Gasteiger partial charge in [-0.2, -0.15) is 0 Å². The molecule has 2 atom stereocenters. The summed E-state index contributed by atoms with van der Waals surface area (Å²) in [6.45, 7) is 8.98. The molecule has 1 saturated heterocycles. The summed E-state index contributed by atoms with van der Waals surface area (Å²) in [4.78, 5) is 14.1. The third kappa shape index (κ3) is 2.81. The standard InChI is InChI=1S/C16H24N2O/c1-5-6-13(4)18-15(19)10-17-16(18)14-8-7-11(2)9-12(14)3/h7-9,13,16-17H,5-6,10H2,1-4H3. The van der Waals surface area contributed by atoms with Crippen LogP contribution < -0.4 is 5.32 Å². The van der Waals surface area contributed by atoms with E-state index in [-0.39, 0.29) is 12.1 Å². The maximum atomic E-state index is 12.1. The van der Waals surface area contributed by atoms with E-state index in [9.17, 15) is 4.79 Å². The highest BCUT2D eigenvalue weighted by Crippen LogP contribution is 2.28. The average Bonchev–Trinajstić information content (AvgIpc) is 2.71. The highest BCUT2D eigenvalue weighted by Gasteiger charge is 2.35. The molecule has 19 heavy (non-hydrogen) atoms. The highest BCUT2D eigenvalue weighted by molar-refractivity contribution is 5.81. The molecule has 3 nitrogen and oxygen atoms in total. The molecule has 1 aliphatic rings. The Kier molecular flexibility index (Phi) is 4.25. The van der Waals surface area contributed by atoms with Gasteiger partial charge in [-0.05, 0) is 38.3 Å². The van der Waals surface area contributed by atoms with Crippen molar-refractivity contribution in [3.05, 3.63) is 34.9 Å². The Hall–Kier alpha value is -1.35. The Bertz CT molecular complexity index is 470. The van der Waals surface area contributed by atoms with Crippen molar-refractivity contribution in [2.24, 2.45) is 0 Å². The van der Waals surface area contributed by atoms with Crippen molar-refractivity contribution < 1.29 is 4.79 Å². The van der Waals surface area contributed by atoms with Crippen LogP contribution in [0.25, 0.3) is 0 Å². The topological polar surface area (TPSA) is 32.3 Å². The molecule has 0 radical (unpaired) electrons. The Labute approximate surface area is 116 Å². The number of hydrogen-bond acceptors (Lipinski definition) is 2. The van der Waals surface area contributed by atoms with Crippen LogP contribution in [0.15, 0.2) is 18.2 Å². The van der Waals surface area contributed by atoms with Gasteiger partial charge in [0.25, 0.3) is 0 Å². The van der Waals surface area contributed by atoms with Crippen molar-refractivity contribution in [1.29, 1.82) is 0 Å². The summed E-state index contributed by atoms with van der Waals surface area (Å²) in [6, 6.07) is 6.74. The molecule has 0 spiro atoms. The normalized spacial score (nSPS) is 20.9. The van der Waals surface area contributed by atoms with E-state index in [0.29, 0.717) is 12.6 Å². The van der Waals surface area contributed by atoms with E-state index in [2.05, 4.69) is 51.2 Å². The first kappa shape index (κ1) is 14.1. The molecular formula is C16H24N2O. The molecule has 1 N–H and O–H groups in total. The zero-order valence-electron chi connectivity index (χ0n) is 12.4. The van der Waals surface area contributed by atoms with E-state index in [1.54, 1.807) is 0 Å². The van der Waals surface area contributed by atoms with Crippen molar-refractivity contribution in [3.63, 3.8) is 0 Å². The quantitative estimate of drug-likeness (QED) is 0.902. The Balaban J connectivity index is 2.29. The summed E-state index contributed by atoms with van der Waals surface area (Å²) < 4.78 is 0. The number of amides is 1. The second-order valence-corrected chi connectivity index (χ2v) is 5.58. The fourth-order valence-corrected chi connectivity index (χ4v) is 2.97. The lowest BCUT2D eigenvalue weighted by Crippen LogP contribution is -2.38. The minimum Gasteiger partial charge on any atom is -0.319 e. The van der Waals surface area contributed by atoms with Crippen LogP contribution in [0.3, 0.4) is 0 Å². The van der Waals surface area contributed by atoms with E-state index in [1.165, 1.54) is 16.7 Å². The van der Waals surface area contributed by atoms with Gasteiger partial charge in [0.1, 0.15) is 6.17 Å². The molecule has 0 saturated carbocycles. The van der Waals surface area contributed by atoms with Crippen molar-refractivity contribution >= 4 is 5.91 Å². The summed E-state index contributed by atoms with van der Waals surface area (Å²) in [7, 11) is 0. The summed E-state index contributed by atoms with van der Waals surface area (Å²) >= 11 is 0. The monoisotopic (exact) mass is 260 g/mol. The van der Waals surface area contributed by atoms with E-state index >= 15 is 0 Å². The van der Waals surface area contributed by atoms with E-state index in [0.717, 1.165) is 12.8 Å². The number of rotatable bonds is 4. The van der Waals surface area contributed by atoms with Crippen LogP contribution in [-0.2, 0) is 4.79 Å². The molecule has 104 valence electrons. The van der Waals surface area contributed by atoms with Gasteiger partial charge in [0.2, 0.25) is 5.91 Å². The number of benzene rings is 1. The predicted molar refractivity (Wildman–Crippen MR) is 77.9 cm³/mol. The molecule has 0 bridgehead atoms. The van der Waals surface area contributed by atoms with Crippen LogP contribution in [-0.4, -0.2) is 23.4 Å². The van der Waals surface area contributed by atoms with Gasteiger partial charge in [-0.15, -0.1) is 0 Å². The van der Waals surface area contributed by atoms with Gasteiger partial charge in [-0.3, -0.25) is 10.1 Å². The SMILES string of the molecule is CCCC(C)N1C(=O)CNC1c1ccc(C)cc1C. The summed E-state index contributed by atoms with van der Waals surface area (Å²) in [5.74, 6) is 0.214.